The van der Waals surface area contributed by atoms with Gasteiger partial charge in [0.25, 0.3) is 5.91 Å². The molecule has 0 unspecified atom stereocenters. The number of nitrogens with zero attached hydrogens (tertiary/aromatic N) is 1. The third-order valence-corrected chi connectivity index (χ3v) is 2.86. The molecule has 4 heteroatoms. The molecular weight excluding hydrogens is 243 g/mol. The molecule has 0 saturated heterocycles. The molecule has 0 aromatic heterocycles. The van der Waals surface area contributed by atoms with Gasteiger partial charge in [-0.15, -0.1) is 0 Å². The number of anilines is 2. The van der Waals surface area contributed by atoms with Gasteiger partial charge in [-0.05, 0) is 55.5 Å². The standard InChI is InChI=1S/C15H15FN2O/c1-2-18(14-9-5-12(16)6-10-14)15(19)11-3-7-13(17)8-4-11/h3-10H,2,17H2,1H3. The summed E-state index contributed by atoms with van der Waals surface area (Å²) in [7, 11) is 0. The van der Waals surface area contributed by atoms with Gasteiger partial charge in [-0.3, -0.25) is 4.79 Å². The summed E-state index contributed by atoms with van der Waals surface area (Å²) in [6.07, 6.45) is 0. The van der Waals surface area contributed by atoms with Crippen LogP contribution in [0.1, 0.15) is 17.3 Å². The van der Waals surface area contributed by atoms with E-state index in [1.807, 2.05) is 6.92 Å². The van der Waals surface area contributed by atoms with E-state index in [0.29, 0.717) is 23.5 Å². The predicted octanol–water partition coefficient (Wildman–Crippen LogP) is 3.07. The predicted molar refractivity (Wildman–Crippen MR) is 74.6 cm³/mol. The number of nitrogens with two attached hydrogens (primary N) is 1. The van der Waals surface area contributed by atoms with Crippen molar-refractivity contribution in [1.82, 2.24) is 0 Å². The van der Waals surface area contributed by atoms with E-state index in [4.69, 9.17) is 5.73 Å². The largest absolute Gasteiger partial charge is 0.399 e. The van der Waals surface area contributed by atoms with Crippen LogP contribution in [-0.2, 0) is 0 Å². The van der Waals surface area contributed by atoms with Crippen molar-refractivity contribution < 1.29 is 9.18 Å². The number of amides is 1. The first-order chi connectivity index (χ1) is 9.11. The molecule has 0 aliphatic rings. The van der Waals surface area contributed by atoms with Gasteiger partial charge < -0.3 is 10.6 Å². The smallest absolute Gasteiger partial charge is 0.258 e. The summed E-state index contributed by atoms with van der Waals surface area (Å²) < 4.78 is 12.9. The van der Waals surface area contributed by atoms with Crippen LogP contribution in [0.2, 0.25) is 0 Å². The van der Waals surface area contributed by atoms with Crippen LogP contribution >= 0.6 is 0 Å². The first kappa shape index (κ1) is 13.1. The van der Waals surface area contributed by atoms with E-state index in [-0.39, 0.29) is 11.7 Å². The molecule has 19 heavy (non-hydrogen) atoms. The Hall–Kier alpha value is -2.36. The number of nitrogen functional groups attached to an aromatic ring is 1. The van der Waals surface area contributed by atoms with Crippen molar-refractivity contribution in [2.75, 3.05) is 17.2 Å². The van der Waals surface area contributed by atoms with Crippen molar-refractivity contribution >= 4 is 17.3 Å². The number of rotatable bonds is 3. The highest BCUT2D eigenvalue weighted by atomic mass is 19.1. The molecule has 0 heterocycles. The molecule has 0 aliphatic heterocycles. The lowest BCUT2D eigenvalue weighted by Gasteiger charge is -2.21. The summed E-state index contributed by atoms with van der Waals surface area (Å²) >= 11 is 0. The molecule has 0 fully saturated rings. The van der Waals surface area contributed by atoms with E-state index >= 15 is 0 Å². The lowest BCUT2D eigenvalue weighted by Crippen LogP contribution is -2.30. The summed E-state index contributed by atoms with van der Waals surface area (Å²) in [5.41, 5.74) is 7.44. The Morgan fingerprint density at radius 3 is 2.21 bits per heavy atom. The summed E-state index contributed by atoms with van der Waals surface area (Å²) in [6.45, 7) is 2.38. The molecular formula is C15H15FN2O. The Labute approximate surface area is 111 Å². The molecule has 0 saturated carbocycles. The molecule has 0 aliphatic carbocycles. The quantitative estimate of drug-likeness (QED) is 0.860. The number of halogens is 1. The molecule has 0 spiro atoms. The highest BCUT2D eigenvalue weighted by Crippen LogP contribution is 2.18. The van der Waals surface area contributed by atoms with Gasteiger partial charge in [0.05, 0.1) is 0 Å². The van der Waals surface area contributed by atoms with Crippen LogP contribution in [0.5, 0.6) is 0 Å². The second-order valence-corrected chi connectivity index (χ2v) is 4.15. The summed E-state index contributed by atoms with van der Waals surface area (Å²) in [6, 6.07) is 12.6. The zero-order valence-corrected chi connectivity index (χ0v) is 10.6. The van der Waals surface area contributed by atoms with Crippen LogP contribution in [-0.4, -0.2) is 12.5 Å². The van der Waals surface area contributed by atoms with Crippen LogP contribution in [0.25, 0.3) is 0 Å². The number of carbonyl (C=O) groups excluding carboxylic acids is 1. The van der Waals surface area contributed by atoms with Crippen molar-refractivity contribution in [2.24, 2.45) is 0 Å². The zero-order chi connectivity index (χ0) is 13.8. The van der Waals surface area contributed by atoms with Gasteiger partial charge in [-0.1, -0.05) is 0 Å². The molecule has 0 radical (unpaired) electrons. The molecule has 1 amide bonds. The molecule has 2 rings (SSSR count). The van der Waals surface area contributed by atoms with Crippen LogP contribution in [0.15, 0.2) is 48.5 Å². The molecule has 98 valence electrons. The highest BCUT2D eigenvalue weighted by Gasteiger charge is 2.15. The Kier molecular flexibility index (Phi) is 3.80. The van der Waals surface area contributed by atoms with E-state index in [1.165, 1.54) is 12.1 Å². The van der Waals surface area contributed by atoms with Crippen LogP contribution in [0.3, 0.4) is 0 Å². The molecule has 0 bridgehead atoms. The molecule has 2 N–H and O–H groups in total. The molecule has 2 aromatic carbocycles. The monoisotopic (exact) mass is 258 g/mol. The van der Waals surface area contributed by atoms with E-state index in [2.05, 4.69) is 0 Å². The molecule has 0 atom stereocenters. The maximum absolute atomic E-state index is 12.9. The van der Waals surface area contributed by atoms with E-state index in [1.54, 1.807) is 41.3 Å². The van der Waals surface area contributed by atoms with E-state index in [0.717, 1.165) is 0 Å². The zero-order valence-electron chi connectivity index (χ0n) is 10.6. The number of hydrogen-bond acceptors (Lipinski definition) is 2. The minimum Gasteiger partial charge on any atom is -0.399 e. The average Bonchev–Trinajstić information content (AvgIpc) is 2.42. The maximum atomic E-state index is 12.9. The summed E-state index contributed by atoms with van der Waals surface area (Å²) in [5, 5.41) is 0. The first-order valence-electron chi connectivity index (χ1n) is 6.05. The van der Waals surface area contributed by atoms with Crippen molar-refractivity contribution in [1.29, 1.82) is 0 Å². The van der Waals surface area contributed by atoms with Gasteiger partial charge in [-0.2, -0.15) is 0 Å². The Morgan fingerprint density at radius 2 is 1.68 bits per heavy atom. The summed E-state index contributed by atoms with van der Waals surface area (Å²) in [4.78, 5) is 14.0. The fourth-order valence-corrected chi connectivity index (χ4v) is 1.85. The van der Waals surface area contributed by atoms with Crippen LogP contribution in [0, 0.1) is 5.82 Å². The average molecular weight is 258 g/mol. The van der Waals surface area contributed by atoms with E-state index < -0.39 is 0 Å². The van der Waals surface area contributed by atoms with Crippen LogP contribution in [0.4, 0.5) is 15.8 Å². The Bertz CT molecular complexity index is 564. The summed E-state index contributed by atoms with van der Waals surface area (Å²) in [5.74, 6) is -0.450. The van der Waals surface area contributed by atoms with Gasteiger partial charge in [0.2, 0.25) is 0 Å². The fourth-order valence-electron chi connectivity index (χ4n) is 1.85. The SMILES string of the molecule is CCN(C(=O)c1ccc(N)cc1)c1ccc(F)cc1. The molecule has 3 nitrogen and oxygen atoms in total. The van der Waals surface area contributed by atoms with E-state index in [9.17, 15) is 9.18 Å². The topological polar surface area (TPSA) is 46.3 Å². The normalized spacial score (nSPS) is 10.2. The number of hydrogen-bond donors (Lipinski definition) is 1. The minimum atomic E-state index is -0.320. The first-order valence-corrected chi connectivity index (χ1v) is 6.05. The third-order valence-electron chi connectivity index (χ3n) is 2.86. The molecule has 2 aromatic rings. The van der Waals surface area contributed by atoms with Gasteiger partial charge >= 0.3 is 0 Å². The second kappa shape index (κ2) is 5.52. The Morgan fingerprint density at radius 1 is 1.11 bits per heavy atom. The van der Waals surface area contributed by atoms with Crippen molar-refractivity contribution in [2.45, 2.75) is 6.92 Å². The second-order valence-electron chi connectivity index (χ2n) is 4.15. The lowest BCUT2D eigenvalue weighted by atomic mass is 10.1. The van der Waals surface area contributed by atoms with Crippen molar-refractivity contribution in [3.05, 3.63) is 59.9 Å². The maximum Gasteiger partial charge on any atom is 0.258 e. The highest BCUT2D eigenvalue weighted by molar-refractivity contribution is 6.06. The fraction of sp³-hybridized carbons (Fsp3) is 0.133. The lowest BCUT2D eigenvalue weighted by molar-refractivity contribution is 0.0988. The van der Waals surface area contributed by atoms with Gasteiger partial charge in [0.15, 0.2) is 0 Å². The van der Waals surface area contributed by atoms with Crippen LogP contribution < -0.4 is 10.6 Å². The van der Waals surface area contributed by atoms with Gasteiger partial charge in [0, 0.05) is 23.5 Å². The van der Waals surface area contributed by atoms with Crippen molar-refractivity contribution in [3.8, 4) is 0 Å². The van der Waals surface area contributed by atoms with Crippen molar-refractivity contribution in [3.63, 3.8) is 0 Å². The van der Waals surface area contributed by atoms with Gasteiger partial charge in [-0.25, -0.2) is 4.39 Å². The Balaban J connectivity index is 2.29. The number of carbonyl (C=O) groups is 1. The minimum absolute atomic E-state index is 0.130. The third kappa shape index (κ3) is 2.91. The van der Waals surface area contributed by atoms with Gasteiger partial charge in [0.1, 0.15) is 5.82 Å². The number of benzene rings is 2.